The van der Waals surface area contributed by atoms with Crippen LogP contribution in [0.5, 0.6) is 11.5 Å². The van der Waals surface area contributed by atoms with Gasteiger partial charge in [0, 0.05) is 37.7 Å². The number of aliphatic imine (C=N–C) groups is 1. The molecule has 1 aliphatic carbocycles. The third kappa shape index (κ3) is 6.74. The van der Waals surface area contributed by atoms with Crippen LogP contribution < -0.4 is 4.74 Å². The molecule has 0 saturated carbocycles. The minimum atomic E-state index is -1.84. The number of hydrogen-bond donors (Lipinski definition) is 0. The van der Waals surface area contributed by atoms with Crippen LogP contribution in [-0.4, -0.2) is 21.0 Å². The van der Waals surface area contributed by atoms with Crippen molar-refractivity contribution in [3.63, 3.8) is 0 Å². The van der Waals surface area contributed by atoms with Crippen molar-refractivity contribution in [3.8, 4) is 17.3 Å². The van der Waals surface area contributed by atoms with Crippen LogP contribution in [0, 0.1) is 31.4 Å². The molecule has 0 radical (unpaired) electrons. The van der Waals surface area contributed by atoms with Gasteiger partial charge in [-0.3, -0.25) is 4.99 Å². The van der Waals surface area contributed by atoms with Crippen LogP contribution in [0.3, 0.4) is 0 Å². The van der Waals surface area contributed by atoms with Crippen molar-refractivity contribution in [2.24, 2.45) is 10.4 Å². The standard InChI is InChI=1S/C52H59N3O2.Pt/c1-31-22-34-30-52(50(12,13)14)51(15,42(34)23-32(31)2)54-46(57-52)33-24-37(49(9,10)11)26-39(25-33)56-38-17-18-40-41-27-35(47(3,4)5)16-19-43(41)55(44(40)29-38)45-28-36(20-21-53-45)48(6,7)8;/h16-24,26-28H,30H2,1-15H3;/q-2;+2/t51-,52-;/m1./s1/i30D2;. The summed E-state index contributed by atoms with van der Waals surface area (Å²) in [6.45, 7) is 32.2. The van der Waals surface area contributed by atoms with Gasteiger partial charge in [0.25, 0.3) is 0 Å². The largest absolute Gasteiger partial charge is 2.00 e. The molecule has 0 spiro atoms. The number of pyridine rings is 1. The fourth-order valence-corrected chi connectivity index (χ4v) is 8.60. The van der Waals surface area contributed by atoms with Crippen LogP contribution in [0.1, 0.15) is 137 Å². The van der Waals surface area contributed by atoms with E-state index in [4.69, 9.17) is 19.5 Å². The molecule has 58 heavy (non-hydrogen) atoms. The van der Waals surface area contributed by atoms with Crippen molar-refractivity contribution in [1.82, 2.24) is 9.55 Å². The van der Waals surface area contributed by atoms with Crippen LogP contribution >= 0.6 is 0 Å². The Morgan fingerprint density at radius 2 is 1.38 bits per heavy atom. The Kier molecular flexibility index (Phi) is 9.25. The molecular weight excluding hydrogens is 894 g/mol. The third-order valence-electron chi connectivity index (χ3n) is 12.3. The second-order valence-corrected chi connectivity index (χ2v) is 20.7. The van der Waals surface area contributed by atoms with E-state index >= 15 is 0 Å². The molecule has 0 bridgehead atoms. The number of ether oxygens (including phenoxy) is 2. The summed E-state index contributed by atoms with van der Waals surface area (Å²) in [5.41, 5.74) is 6.40. The molecule has 3 heterocycles. The second kappa shape index (κ2) is 13.7. The maximum absolute atomic E-state index is 9.77. The molecule has 4 aromatic carbocycles. The summed E-state index contributed by atoms with van der Waals surface area (Å²) in [5.74, 6) is 2.23. The predicted octanol–water partition coefficient (Wildman–Crippen LogP) is 13.1. The number of rotatable bonds is 4. The van der Waals surface area contributed by atoms with Gasteiger partial charge in [-0.05, 0) is 94.0 Å². The van der Waals surface area contributed by atoms with Crippen molar-refractivity contribution >= 4 is 27.7 Å². The first-order valence-corrected chi connectivity index (χ1v) is 20.3. The van der Waals surface area contributed by atoms with Gasteiger partial charge in [0.1, 0.15) is 22.9 Å². The first kappa shape index (κ1) is 39.3. The zero-order valence-corrected chi connectivity index (χ0v) is 39.2. The maximum Gasteiger partial charge on any atom is 2.00 e. The molecule has 2 aliphatic rings. The zero-order valence-electron chi connectivity index (χ0n) is 38.9. The van der Waals surface area contributed by atoms with Gasteiger partial charge in [-0.25, -0.2) is 4.98 Å². The molecule has 8 rings (SSSR count). The number of aryl methyl sites for hydroxylation is 2. The number of nitrogens with zero attached hydrogens (tertiary/aromatic N) is 3. The zero-order chi connectivity index (χ0) is 43.0. The van der Waals surface area contributed by atoms with E-state index in [1.165, 1.54) is 11.1 Å². The van der Waals surface area contributed by atoms with E-state index in [1.807, 2.05) is 38.2 Å². The average Bonchev–Trinajstić information content (AvgIpc) is 3.68. The normalized spacial score (nSPS) is 20.8. The van der Waals surface area contributed by atoms with E-state index in [0.29, 0.717) is 28.5 Å². The van der Waals surface area contributed by atoms with E-state index in [9.17, 15) is 2.74 Å². The van der Waals surface area contributed by atoms with Gasteiger partial charge >= 0.3 is 21.1 Å². The average molecular weight is 955 g/mol. The molecule has 2 aromatic heterocycles. The number of benzene rings is 4. The van der Waals surface area contributed by atoms with E-state index in [2.05, 4.69) is 155 Å². The van der Waals surface area contributed by atoms with Gasteiger partial charge in [0.05, 0.1) is 0 Å². The van der Waals surface area contributed by atoms with Crippen molar-refractivity contribution in [3.05, 3.63) is 130 Å². The SMILES string of the molecule is [2H]C1([2H])c2cc(C)c(C)cc2[C@@]2(C)N=C(c3[c-]c(Oc4[c-]c5c(cc4)c4cc(C(C)(C)C)ccc4n5-c4cc(C(C)(C)C)ccn4)cc(C(C)(C)C)c3)O[C@@]12C(C)(C)C.[Pt+2]. The van der Waals surface area contributed by atoms with E-state index < -0.39 is 22.9 Å². The summed E-state index contributed by atoms with van der Waals surface area (Å²) >= 11 is 0. The number of hydrogen-bond acceptors (Lipinski definition) is 4. The van der Waals surface area contributed by atoms with Gasteiger partial charge < -0.3 is 14.0 Å². The molecule has 0 unspecified atom stereocenters. The molecule has 6 heteroatoms. The van der Waals surface area contributed by atoms with Gasteiger partial charge in [-0.2, -0.15) is 6.07 Å². The van der Waals surface area contributed by atoms with Crippen LogP contribution in [0.4, 0.5) is 0 Å². The summed E-state index contributed by atoms with van der Waals surface area (Å²) in [5, 5.41) is 2.20. The van der Waals surface area contributed by atoms with Gasteiger partial charge in [-0.1, -0.05) is 131 Å². The molecule has 304 valence electrons. The van der Waals surface area contributed by atoms with E-state index in [1.54, 1.807) is 0 Å². The summed E-state index contributed by atoms with van der Waals surface area (Å²) in [4.78, 5) is 10.3. The molecule has 0 amide bonds. The summed E-state index contributed by atoms with van der Waals surface area (Å²) < 4.78 is 35.6. The fourth-order valence-electron chi connectivity index (χ4n) is 8.60. The number of aromatic nitrogens is 2. The quantitative estimate of drug-likeness (QED) is 0.165. The smallest absolute Gasteiger partial charge is 0.510 e. The van der Waals surface area contributed by atoms with E-state index in [-0.39, 0.29) is 37.3 Å². The Hall–Kier alpha value is -4.21. The maximum atomic E-state index is 9.77. The first-order chi connectivity index (χ1) is 27.2. The Bertz CT molecular complexity index is 2740. The minimum absolute atomic E-state index is 0. The monoisotopic (exact) mass is 954 g/mol. The van der Waals surface area contributed by atoms with Crippen LogP contribution in [0.15, 0.2) is 77.9 Å². The molecule has 0 fully saturated rings. The van der Waals surface area contributed by atoms with Gasteiger partial charge in [0.15, 0.2) is 0 Å². The fraction of sp³-hybridized carbons (Fsp3) is 0.423. The van der Waals surface area contributed by atoms with Crippen LogP contribution in [0.25, 0.3) is 27.6 Å². The van der Waals surface area contributed by atoms with Crippen LogP contribution in [0.2, 0.25) is 0 Å². The first-order valence-electron chi connectivity index (χ1n) is 21.3. The Morgan fingerprint density at radius 1 is 0.724 bits per heavy atom. The van der Waals surface area contributed by atoms with Crippen LogP contribution in [-0.2, 0) is 54.0 Å². The van der Waals surface area contributed by atoms with Gasteiger partial charge in [0.2, 0.25) is 0 Å². The topological polar surface area (TPSA) is 48.6 Å². The second-order valence-electron chi connectivity index (χ2n) is 20.7. The molecule has 0 saturated heterocycles. The minimum Gasteiger partial charge on any atom is -0.510 e. The Balaban J connectivity index is 0.00000544. The van der Waals surface area contributed by atoms with Gasteiger partial charge in [-0.15, -0.1) is 29.1 Å². The third-order valence-corrected chi connectivity index (χ3v) is 12.3. The Labute approximate surface area is 363 Å². The Morgan fingerprint density at radius 3 is 2.03 bits per heavy atom. The predicted molar refractivity (Wildman–Crippen MR) is 236 cm³/mol. The summed E-state index contributed by atoms with van der Waals surface area (Å²) in [6.07, 6.45) is 0.0577. The summed E-state index contributed by atoms with van der Waals surface area (Å²) in [7, 11) is 0. The summed E-state index contributed by atoms with van der Waals surface area (Å²) in [6, 6.07) is 30.5. The molecular formula is C52H59N3O2Pt. The molecule has 1 aliphatic heterocycles. The van der Waals surface area contributed by atoms with Crippen molar-refractivity contribution in [1.29, 1.82) is 0 Å². The van der Waals surface area contributed by atoms with Crippen molar-refractivity contribution in [2.45, 2.75) is 138 Å². The molecule has 2 atom stereocenters. The molecule has 5 nitrogen and oxygen atoms in total. The molecule has 0 N–H and O–H groups in total. The molecule has 6 aromatic rings. The number of fused-ring (bicyclic) bond motifs is 6. The van der Waals surface area contributed by atoms with Crippen molar-refractivity contribution in [2.75, 3.05) is 0 Å². The van der Waals surface area contributed by atoms with Crippen molar-refractivity contribution < 1.29 is 33.3 Å². The van der Waals surface area contributed by atoms with E-state index in [0.717, 1.165) is 49.9 Å².